The van der Waals surface area contributed by atoms with Gasteiger partial charge in [-0.25, -0.2) is 13.6 Å². The number of piperazine rings is 1. The molecule has 11 heteroatoms. The van der Waals surface area contributed by atoms with Gasteiger partial charge in [0.05, 0.1) is 12.6 Å². The van der Waals surface area contributed by atoms with Gasteiger partial charge in [-0.15, -0.1) is 0 Å². The predicted molar refractivity (Wildman–Crippen MR) is 142 cm³/mol. The maximum Gasteiger partial charge on any atom is 0.408 e. The Morgan fingerprint density at radius 3 is 2.23 bits per heavy atom. The third kappa shape index (κ3) is 6.62. The molecule has 1 aliphatic carbocycles. The van der Waals surface area contributed by atoms with Gasteiger partial charge in [0.15, 0.2) is 6.10 Å². The van der Waals surface area contributed by atoms with Crippen LogP contribution in [0, 0.1) is 5.92 Å². The number of benzene rings is 1. The fourth-order valence-corrected chi connectivity index (χ4v) is 5.28. The second kappa shape index (κ2) is 11.0. The van der Waals surface area contributed by atoms with E-state index in [-0.39, 0.29) is 44.7 Å². The fourth-order valence-electron chi connectivity index (χ4n) is 5.28. The maximum atomic E-state index is 13.8. The highest BCUT2D eigenvalue weighted by atomic mass is 19.3. The van der Waals surface area contributed by atoms with E-state index < -0.39 is 35.5 Å². The number of alkyl carbamates (subject to hydrolysis) is 1. The van der Waals surface area contributed by atoms with E-state index in [2.05, 4.69) is 5.32 Å². The molecule has 2 heterocycles. The number of halogens is 2. The number of nitrogens with zero attached hydrogens (tertiary/aromatic N) is 3. The Kier molecular flexibility index (Phi) is 8.09. The molecule has 0 radical (unpaired) electrons. The van der Waals surface area contributed by atoms with Crippen LogP contribution < -0.4 is 10.1 Å². The van der Waals surface area contributed by atoms with Crippen molar-refractivity contribution in [1.29, 1.82) is 0 Å². The summed E-state index contributed by atoms with van der Waals surface area (Å²) in [5, 5.41) is 3.60. The lowest BCUT2D eigenvalue weighted by molar-refractivity contribution is -0.148. The number of aromatic nitrogens is 1. The van der Waals surface area contributed by atoms with Gasteiger partial charge < -0.3 is 29.2 Å². The average Bonchev–Trinajstić information content (AvgIpc) is 3.21. The van der Waals surface area contributed by atoms with Gasteiger partial charge in [0.2, 0.25) is 5.92 Å². The second-order valence-corrected chi connectivity index (χ2v) is 11.5. The van der Waals surface area contributed by atoms with E-state index in [0.717, 1.165) is 10.9 Å². The number of carbonyl (C=O) groups excluding carboxylic acids is 3. The molecule has 1 aromatic heterocycles. The summed E-state index contributed by atoms with van der Waals surface area (Å²) in [5.41, 5.74) is 0.822. The zero-order valence-electron chi connectivity index (χ0n) is 23.3. The zero-order chi connectivity index (χ0) is 28.5. The molecule has 3 amide bonds. The van der Waals surface area contributed by atoms with Crippen molar-refractivity contribution in [1.82, 2.24) is 19.7 Å². The average molecular weight is 549 g/mol. The van der Waals surface area contributed by atoms with Crippen LogP contribution in [0.1, 0.15) is 56.9 Å². The number of carbonyl (C=O) groups is 3. The minimum absolute atomic E-state index is 0.0937. The smallest absolute Gasteiger partial charge is 0.408 e. The van der Waals surface area contributed by atoms with Crippen LogP contribution in [0.5, 0.6) is 5.75 Å². The molecule has 2 fully saturated rings. The molecule has 4 rings (SSSR count). The van der Waals surface area contributed by atoms with Crippen LogP contribution in [0.3, 0.4) is 0 Å². The minimum Gasteiger partial charge on any atom is -0.497 e. The molecule has 1 aliphatic heterocycles. The molecule has 1 N–H and O–H groups in total. The molecule has 9 nitrogen and oxygen atoms in total. The van der Waals surface area contributed by atoms with Crippen molar-refractivity contribution in [3.63, 3.8) is 0 Å². The number of hydrogen-bond donors (Lipinski definition) is 1. The van der Waals surface area contributed by atoms with E-state index in [1.807, 2.05) is 35.9 Å². The molecule has 0 unspecified atom stereocenters. The molecule has 0 bridgehead atoms. The second-order valence-electron chi connectivity index (χ2n) is 11.5. The lowest BCUT2D eigenvalue weighted by Gasteiger charge is -2.39. The Labute approximate surface area is 227 Å². The van der Waals surface area contributed by atoms with Crippen LogP contribution in [0.4, 0.5) is 13.6 Å². The lowest BCUT2D eigenvalue weighted by Crippen LogP contribution is -2.56. The SMILES string of the molecule is COc1ccc2cc(C(=O)N3CCN(C(=O)[C@@H](OC(=O)NC(C)(C)C)C4CCC(F)(F)CC4)CC3)n(C)c2c1. The quantitative estimate of drug-likeness (QED) is 0.605. The first kappa shape index (κ1) is 28.6. The van der Waals surface area contributed by atoms with E-state index in [1.54, 1.807) is 37.7 Å². The number of methoxy groups -OCH3 is 1. The molecule has 2 aromatic rings. The van der Waals surface area contributed by atoms with Crippen molar-refractivity contribution in [2.75, 3.05) is 33.3 Å². The van der Waals surface area contributed by atoms with E-state index in [0.29, 0.717) is 24.5 Å². The third-order valence-electron chi connectivity index (χ3n) is 7.49. The first-order chi connectivity index (χ1) is 18.3. The summed E-state index contributed by atoms with van der Waals surface area (Å²) in [6, 6.07) is 7.46. The molecule has 1 saturated heterocycles. The van der Waals surface area contributed by atoms with Gasteiger partial charge in [0, 0.05) is 69.0 Å². The summed E-state index contributed by atoms with van der Waals surface area (Å²) in [5.74, 6) is -3.11. The van der Waals surface area contributed by atoms with E-state index in [9.17, 15) is 23.2 Å². The van der Waals surface area contributed by atoms with Gasteiger partial charge >= 0.3 is 6.09 Å². The predicted octanol–water partition coefficient (Wildman–Crippen LogP) is 4.19. The highest BCUT2D eigenvalue weighted by molar-refractivity contribution is 5.99. The molecule has 0 spiro atoms. The maximum absolute atomic E-state index is 13.8. The molecule has 1 saturated carbocycles. The lowest BCUT2D eigenvalue weighted by atomic mass is 9.82. The Morgan fingerprint density at radius 2 is 1.64 bits per heavy atom. The van der Waals surface area contributed by atoms with Crippen molar-refractivity contribution in [3.05, 3.63) is 30.0 Å². The summed E-state index contributed by atoms with van der Waals surface area (Å²) in [6.45, 7) is 6.48. The minimum atomic E-state index is -2.77. The van der Waals surface area contributed by atoms with Gasteiger partial charge in [0.1, 0.15) is 11.4 Å². The number of fused-ring (bicyclic) bond motifs is 1. The normalized spacial score (nSPS) is 19.1. The summed E-state index contributed by atoms with van der Waals surface area (Å²) in [4.78, 5) is 42.7. The first-order valence-electron chi connectivity index (χ1n) is 13.4. The molecule has 1 atom stereocenters. The zero-order valence-corrected chi connectivity index (χ0v) is 23.3. The summed E-state index contributed by atoms with van der Waals surface area (Å²) in [7, 11) is 3.42. The van der Waals surface area contributed by atoms with Gasteiger partial charge in [-0.05, 0) is 51.8 Å². The van der Waals surface area contributed by atoms with Crippen LogP contribution >= 0.6 is 0 Å². The van der Waals surface area contributed by atoms with Crippen LogP contribution in [-0.4, -0.2) is 83.1 Å². The number of rotatable bonds is 5. The highest BCUT2D eigenvalue weighted by Gasteiger charge is 2.43. The van der Waals surface area contributed by atoms with Crippen molar-refractivity contribution in [3.8, 4) is 5.75 Å². The number of nitrogens with one attached hydrogen (secondary N) is 1. The van der Waals surface area contributed by atoms with Crippen molar-refractivity contribution >= 4 is 28.8 Å². The standard InChI is InChI=1S/C28H38F2N4O5/c1-27(2,3)31-26(37)39-23(18-8-10-28(29,30)11-9-18)25(36)34-14-12-33(13-15-34)24(35)22-16-19-6-7-20(38-5)17-21(19)32(22)4/h6-7,16-18,23H,8-15H2,1-5H3,(H,31,37)/t23-/m0/s1. The van der Waals surface area contributed by atoms with Crippen LogP contribution in [0.15, 0.2) is 24.3 Å². The molecule has 214 valence electrons. The third-order valence-corrected chi connectivity index (χ3v) is 7.49. The molecule has 39 heavy (non-hydrogen) atoms. The Balaban J connectivity index is 1.44. The van der Waals surface area contributed by atoms with Crippen LogP contribution in [0.2, 0.25) is 0 Å². The molecule has 2 aliphatic rings. The van der Waals surface area contributed by atoms with Crippen molar-refractivity contribution in [2.24, 2.45) is 13.0 Å². The van der Waals surface area contributed by atoms with Crippen LogP contribution in [-0.2, 0) is 16.6 Å². The number of hydrogen-bond acceptors (Lipinski definition) is 5. The topological polar surface area (TPSA) is 93.1 Å². The summed E-state index contributed by atoms with van der Waals surface area (Å²) in [6.07, 6.45) is -2.40. The van der Waals surface area contributed by atoms with Gasteiger partial charge in [-0.2, -0.15) is 0 Å². The van der Waals surface area contributed by atoms with Gasteiger partial charge in [0.25, 0.3) is 11.8 Å². The Hall–Kier alpha value is -3.37. The van der Waals surface area contributed by atoms with Gasteiger partial charge in [-0.3, -0.25) is 9.59 Å². The molecule has 1 aromatic carbocycles. The summed E-state index contributed by atoms with van der Waals surface area (Å²) < 4.78 is 40.3. The largest absolute Gasteiger partial charge is 0.497 e. The van der Waals surface area contributed by atoms with E-state index in [4.69, 9.17) is 9.47 Å². The van der Waals surface area contributed by atoms with Crippen LogP contribution in [0.25, 0.3) is 10.9 Å². The monoisotopic (exact) mass is 548 g/mol. The number of amides is 3. The number of ether oxygens (including phenoxy) is 2. The fraction of sp³-hybridized carbons (Fsp3) is 0.607. The van der Waals surface area contributed by atoms with Crippen molar-refractivity contribution < 1.29 is 32.6 Å². The highest BCUT2D eigenvalue weighted by Crippen LogP contribution is 2.38. The van der Waals surface area contributed by atoms with Crippen molar-refractivity contribution in [2.45, 2.75) is 64.0 Å². The Bertz CT molecular complexity index is 1220. The van der Waals surface area contributed by atoms with Gasteiger partial charge in [-0.1, -0.05) is 0 Å². The van der Waals surface area contributed by atoms with E-state index >= 15 is 0 Å². The first-order valence-corrected chi connectivity index (χ1v) is 13.4. The summed E-state index contributed by atoms with van der Waals surface area (Å²) >= 11 is 0. The molecular formula is C28H38F2N4O5. The van der Waals surface area contributed by atoms with E-state index in [1.165, 1.54) is 0 Å². The number of aryl methyl sites for hydroxylation is 1. The molecular weight excluding hydrogens is 510 g/mol. The number of alkyl halides is 2. The Morgan fingerprint density at radius 1 is 1.03 bits per heavy atom.